The Labute approximate surface area is 165 Å². The summed E-state index contributed by atoms with van der Waals surface area (Å²) in [7, 11) is 0. The molecule has 0 unspecified atom stereocenters. The Balaban J connectivity index is 1.70. The summed E-state index contributed by atoms with van der Waals surface area (Å²) in [6, 6.07) is 11.7. The number of furan rings is 1. The zero-order chi connectivity index (χ0) is 19.4. The van der Waals surface area contributed by atoms with Crippen LogP contribution in [0.25, 0.3) is 33.2 Å². The minimum absolute atomic E-state index is 0.0327. The Bertz CT molecular complexity index is 1410. The number of aromatic nitrogens is 5. The minimum Gasteiger partial charge on any atom is -0.467 e. The lowest BCUT2D eigenvalue weighted by atomic mass is 10.2. The minimum atomic E-state index is -0.0327. The van der Waals surface area contributed by atoms with Gasteiger partial charge in [-0.15, -0.1) is 0 Å². The van der Waals surface area contributed by atoms with E-state index in [0.29, 0.717) is 28.7 Å². The summed E-state index contributed by atoms with van der Waals surface area (Å²) < 4.78 is 9.28. The monoisotopic (exact) mass is 385 g/mol. The van der Waals surface area contributed by atoms with Gasteiger partial charge in [-0.3, -0.25) is 9.36 Å². The van der Waals surface area contributed by atoms with Gasteiger partial charge in [0.25, 0.3) is 5.56 Å². The highest BCUT2D eigenvalue weighted by atomic mass is 16.3. The van der Waals surface area contributed by atoms with E-state index in [0.717, 1.165) is 42.5 Å². The first-order valence-electron chi connectivity index (χ1n) is 9.98. The normalized spacial score (nSPS) is 15.2. The van der Waals surface area contributed by atoms with Crippen LogP contribution in [0.15, 0.2) is 58.2 Å². The van der Waals surface area contributed by atoms with Gasteiger partial charge in [-0.2, -0.15) is 0 Å². The number of para-hydroxylation sites is 2. The van der Waals surface area contributed by atoms with E-state index in [-0.39, 0.29) is 11.6 Å². The summed E-state index contributed by atoms with van der Waals surface area (Å²) in [5.41, 5.74) is 3.40. The molecule has 0 atom stereocenters. The highest BCUT2D eigenvalue weighted by Crippen LogP contribution is 2.30. The lowest BCUT2D eigenvalue weighted by molar-refractivity contribution is 0.493. The molecular formula is C22H19N5O2. The average molecular weight is 385 g/mol. The van der Waals surface area contributed by atoms with Crippen molar-refractivity contribution in [3.63, 3.8) is 0 Å². The van der Waals surface area contributed by atoms with E-state index in [1.807, 2.05) is 41.0 Å². The second-order valence-corrected chi connectivity index (χ2v) is 7.64. The Morgan fingerprint density at radius 3 is 2.55 bits per heavy atom. The SMILES string of the molecule is O=c1c2c3nc4ccccc4nc3n(Cc3ccco3)c2ncn1C1CCCC1. The molecule has 0 bridgehead atoms. The molecule has 0 radical (unpaired) electrons. The third-order valence-corrected chi connectivity index (χ3v) is 5.89. The first kappa shape index (κ1) is 16.5. The molecule has 7 nitrogen and oxygen atoms in total. The van der Waals surface area contributed by atoms with Crippen LogP contribution in [0.1, 0.15) is 37.5 Å². The van der Waals surface area contributed by atoms with E-state index < -0.39 is 0 Å². The molecule has 0 saturated heterocycles. The first-order chi connectivity index (χ1) is 14.3. The maximum Gasteiger partial charge on any atom is 0.265 e. The van der Waals surface area contributed by atoms with Gasteiger partial charge in [-0.25, -0.2) is 15.0 Å². The highest BCUT2D eigenvalue weighted by molar-refractivity contribution is 6.04. The van der Waals surface area contributed by atoms with Crippen LogP contribution in [0.2, 0.25) is 0 Å². The molecule has 1 saturated carbocycles. The summed E-state index contributed by atoms with van der Waals surface area (Å²) in [4.78, 5) is 27.9. The molecule has 0 spiro atoms. The number of hydrogen-bond donors (Lipinski definition) is 0. The van der Waals surface area contributed by atoms with Gasteiger partial charge in [0.05, 0.1) is 23.8 Å². The molecule has 4 aromatic heterocycles. The Morgan fingerprint density at radius 1 is 1.00 bits per heavy atom. The van der Waals surface area contributed by atoms with Crippen molar-refractivity contribution in [3.8, 4) is 0 Å². The van der Waals surface area contributed by atoms with Crippen LogP contribution in [-0.2, 0) is 6.54 Å². The number of hydrogen-bond acceptors (Lipinski definition) is 5. The molecular weight excluding hydrogens is 366 g/mol. The van der Waals surface area contributed by atoms with Crippen molar-refractivity contribution in [2.45, 2.75) is 38.3 Å². The maximum atomic E-state index is 13.5. The topological polar surface area (TPSA) is 78.7 Å². The number of rotatable bonds is 3. The molecule has 0 amide bonds. The van der Waals surface area contributed by atoms with E-state index >= 15 is 0 Å². The fourth-order valence-electron chi connectivity index (χ4n) is 4.47. The second kappa shape index (κ2) is 6.27. The quantitative estimate of drug-likeness (QED) is 0.468. The summed E-state index contributed by atoms with van der Waals surface area (Å²) in [5, 5.41) is 0.541. The van der Waals surface area contributed by atoms with Crippen LogP contribution in [-0.4, -0.2) is 24.1 Å². The smallest absolute Gasteiger partial charge is 0.265 e. The molecule has 1 fully saturated rings. The van der Waals surface area contributed by atoms with Gasteiger partial charge in [0, 0.05) is 6.04 Å². The van der Waals surface area contributed by atoms with Gasteiger partial charge in [0.1, 0.15) is 23.0 Å². The second-order valence-electron chi connectivity index (χ2n) is 7.64. The molecule has 29 heavy (non-hydrogen) atoms. The molecule has 144 valence electrons. The van der Waals surface area contributed by atoms with Gasteiger partial charge in [-0.05, 0) is 37.1 Å². The van der Waals surface area contributed by atoms with Gasteiger partial charge < -0.3 is 8.98 Å². The average Bonchev–Trinajstić information content (AvgIpc) is 3.49. The maximum absolute atomic E-state index is 13.5. The van der Waals surface area contributed by atoms with E-state index in [1.165, 1.54) is 0 Å². The number of benzene rings is 1. The van der Waals surface area contributed by atoms with Crippen LogP contribution in [0.3, 0.4) is 0 Å². The van der Waals surface area contributed by atoms with Crippen LogP contribution in [0.5, 0.6) is 0 Å². The standard InChI is InChI=1S/C22H19N5O2/c28-22-18-19-21(25-17-10-4-3-9-16(17)24-19)26(12-15-8-5-11-29-15)20(18)23-13-27(22)14-6-1-2-7-14/h3-5,8-11,13-14H,1-2,6-7,12H2. The molecule has 1 aliphatic carbocycles. The van der Waals surface area contributed by atoms with Crippen molar-refractivity contribution in [1.29, 1.82) is 0 Å². The molecule has 1 aliphatic rings. The molecule has 7 heteroatoms. The van der Waals surface area contributed by atoms with Gasteiger partial charge in [0.15, 0.2) is 11.3 Å². The molecule has 0 aliphatic heterocycles. The van der Waals surface area contributed by atoms with Crippen molar-refractivity contribution in [2.75, 3.05) is 0 Å². The van der Waals surface area contributed by atoms with E-state index in [9.17, 15) is 4.79 Å². The zero-order valence-corrected chi connectivity index (χ0v) is 15.8. The molecule has 4 heterocycles. The predicted octanol–water partition coefficient (Wildman–Crippen LogP) is 4.05. The van der Waals surface area contributed by atoms with Crippen molar-refractivity contribution in [1.82, 2.24) is 24.1 Å². The summed E-state index contributed by atoms with van der Waals surface area (Å²) >= 11 is 0. The Hall–Kier alpha value is -3.48. The van der Waals surface area contributed by atoms with Crippen molar-refractivity contribution < 1.29 is 4.42 Å². The third-order valence-electron chi connectivity index (χ3n) is 5.89. The Morgan fingerprint density at radius 2 is 1.79 bits per heavy atom. The predicted molar refractivity (Wildman–Crippen MR) is 110 cm³/mol. The third kappa shape index (κ3) is 2.50. The lowest BCUT2D eigenvalue weighted by Gasteiger charge is -2.12. The fourth-order valence-corrected chi connectivity index (χ4v) is 4.47. The zero-order valence-electron chi connectivity index (χ0n) is 15.8. The lowest BCUT2D eigenvalue weighted by Crippen LogP contribution is -2.24. The molecule has 6 rings (SSSR count). The molecule has 1 aromatic carbocycles. The summed E-state index contributed by atoms with van der Waals surface area (Å²) in [6.45, 7) is 0.444. The van der Waals surface area contributed by atoms with Crippen LogP contribution >= 0.6 is 0 Å². The van der Waals surface area contributed by atoms with Gasteiger partial charge in [-0.1, -0.05) is 25.0 Å². The van der Waals surface area contributed by atoms with Crippen molar-refractivity contribution >= 4 is 33.2 Å². The van der Waals surface area contributed by atoms with Crippen molar-refractivity contribution in [3.05, 3.63) is 65.1 Å². The Kier molecular flexibility index (Phi) is 3.56. The molecule has 5 aromatic rings. The van der Waals surface area contributed by atoms with Crippen molar-refractivity contribution in [2.24, 2.45) is 0 Å². The van der Waals surface area contributed by atoms with E-state index in [1.54, 1.807) is 17.2 Å². The first-order valence-corrected chi connectivity index (χ1v) is 9.98. The van der Waals surface area contributed by atoms with Gasteiger partial charge >= 0.3 is 0 Å². The van der Waals surface area contributed by atoms with Crippen LogP contribution in [0, 0.1) is 0 Å². The van der Waals surface area contributed by atoms with Crippen LogP contribution < -0.4 is 5.56 Å². The largest absolute Gasteiger partial charge is 0.467 e. The van der Waals surface area contributed by atoms with Gasteiger partial charge in [0.2, 0.25) is 0 Å². The fraction of sp³-hybridized carbons (Fsp3) is 0.273. The number of fused-ring (bicyclic) bond motifs is 4. The summed E-state index contributed by atoms with van der Waals surface area (Å²) in [6.07, 6.45) is 7.68. The van der Waals surface area contributed by atoms with Crippen LogP contribution in [0.4, 0.5) is 0 Å². The van der Waals surface area contributed by atoms with E-state index in [4.69, 9.17) is 19.4 Å². The highest BCUT2D eigenvalue weighted by Gasteiger charge is 2.24. The molecule has 0 N–H and O–H groups in total. The van der Waals surface area contributed by atoms with E-state index in [2.05, 4.69) is 0 Å². The number of nitrogens with zero attached hydrogens (tertiary/aromatic N) is 5. The summed E-state index contributed by atoms with van der Waals surface area (Å²) in [5.74, 6) is 0.778.